The van der Waals surface area contributed by atoms with Crippen molar-refractivity contribution in [2.45, 2.75) is 26.7 Å². The van der Waals surface area contributed by atoms with E-state index in [1.807, 2.05) is 32.0 Å². The number of imide groups is 1. The number of amides is 2. The summed E-state index contributed by atoms with van der Waals surface area (Å²) in [6.07, 6.45) is 2.16. The van der Waals surface area contributed by atoms with Gasteiger partial charge in [0.25, 0.3) is 11.8 Å². The van der Waals surface area contributed by atoms with Crippen molar-refractivity contribution in [1.82, 2.24) is 9.80 Å². The lowest BCUT2D eigenvalue weighted by Gasteiger charge is -2.19. The topological polar surface area (TPSA) is 40.6 Å². The standard InChI is InChI=1S/C17H20N2O2/c1-11-6-7-13(10-12(11)2)14-15(19-8-4-5-9-19)17(21)18(3)16(14)20/h6-7,10H,4-5,8-9H2,1-3H3. The molecule has 1 aromatic carbocycles. The lowest BCUT2D eigenvalue weighted by atomic mass is 9.99. The summed E-state index contributed by atoms with van der Waals surface area (Å²) in [7, 11) is 1.56. The number of hydrogen-bond acceptors (Lipinski definition) is 3. The molecule has 1 fully saturated rings. The highest BCUT2D eigenvalue weighted by molar-refractivity contribution is 6.35. The van der Waals surface area contributed by atoms with Gasteiger partial charge in [0.15, 0.2) is 0 Å². The Morgan fingerprint density at radius 3 is 2.24 bits per heavy atom. The van der Waals surface area contributed by atoms with Gasteiger partial charge in [-0.05, 0) is 43.4 Å². The van der Waals surface area contributed by atoms with Crippen molar-refractivity contribution < 1.29 is 9.59 Å². The Hall–Kier alpha value is -2.10. The largest absolute Gasteiger partial charge is 0.366 e. The number of benzene rings is 1. The van der Waals surface area contributed by atoms with Gasteiger partial charge in [0.2, 0.25) is 0 Å². The summed E-state index contributed by atoms with van der Waals surface area (Å²) in [6, 6.07) is 5.96. The van der Waals surface area contributed by atoms with Crippen LogP contribution in [0.4, 0.5) is 0 Å². The van der Waals surface area contributed by atoms with Crippen LogP contribution < -0.4 is 0 Å². The van der Waals surface area contributed by atoms with Crippen LogP contribution in [0.2, 0.25) is 0 Å². The van der Waals surface area contributed by atoms with E-state index in [0.717, 1.165) is 37.1 Å². The molecule has 0 aromatic heterocycles. The van der Waals surface area contributed by atoms with E-state index in [1.54, 1.807) is 7.05 Å². The van der Waals surface area contributed by atoms with E-state index in [4.69, 9.17) is 0 Å². The third-order valence-corrected chi connectivity index (χ3v) is 4.48. The van der Waals surface area contributed by atoms with E-state index < -0.39 is 0 Å². The van der Waals surface area contributed by atoms with E-state index in [9.17, 15) is 9.59 Å². The summed E-state index contributed by atoms with van der Waals surface area (Å²) >= 11 is 0. The van der Waals surface area contributed by atoms with Crippen LogP contribution in [-0.4, -0.2) is 41.8 Å². The van der Waals surface area contributed by atoms with Crippen LogP contribution in [0.15, 0.2) is 23.9 Å². The monoisotopic (exact) mass is 284 g/mol. The maximum absolute atomic E-state index is 12.5. The van der Waals surface area contributed by atoms with E-state index in [-0.39, 0.29) is 11.8 Å². The number of likely N-dealkylation sites (N-methyl/N-ethyl adjacent to an activating group) is 1. The fourth-order valence-corrected chi connectivity index (χ4v) is 3.02. The Labute approximate surface area is 125 Å². The molecule has 1 aromatic rings. The molecule has 2 aliphatic heterocycles. The second-order valence-electron chi connectivity index (χ2n) is 5.89. The van der Waals surface area contributed by atoms with Crippen molar-refractivity contribution in [2.24, 2.45) is 0 Å². The molecule has 3 rings (SSSR count). The summed E-state index contributed by atoms with van der Waals surface area (Å²) in [5, 5.41) is 0. The van der Waals surface area contributed by atoms with Crippen LogP contribution in [0.5, 0.6) is 0 Å². The Morgan fingerprint density at radius 2 is 1.62 bits per heavy atom. The molecule has 2 amide bonds. The minimum Gasteiger partial charge on any atom is -0.366 e. The average molecular weight is 284 g/mol. The molecule has 2 aliphatic rings. The number of likely N-dealkylation sites (tertiary alicyclic amines) is 1. The lowest BCUT2D eigenvalue weighted by Crippen LogP contribution is -2.31. The number of hydrogen-bond donors (Lipinski definition) is 0. The molecule has 0 N–H and O–H groups in total. The molecule has 0 bridgehead atoms. The third-order valence-electron chi connectivity index (χ3n) is 4.48. The molecule has 0 unspecified atom stereocenters. The first-order valence-corrected chi connectivity index (χ1v) is 7.40. The molecule has 0 aliphatic carbocycles. The first-order chi connectivity index (χ1) is 10.0. The summed E-state index contributed by atoms with van der Waals surface area (Å²) in [4.78, 5) is 28.2. The van der Waals surface area contributed by atoms with Gasteiger partial charge in [0.1, 0.15) is 5.70 Å². The fourth-order valence-electron chi connectivity index (χ4n) is 3.02. The van der Waals surface area contributed by atoms with E-state index in [2.05, 4.69) is 4.90 Å². The predicted molar refractivity (Wildman–Crippen MR) is 81.4 cm³/mol. The number of aryl methyl sites for hydroxylation is 2. The van der Waals surface area contributed by atoms with Crippen LogP contribution >= 0.6 is 0 Å². The smallest absolute Gasteiger partial charge is 0.277 e. The van der Waals surface area contributed by atoms with Crippen LogP contribution in [-0.2, 0) is 9.59 Å². The fraction of sp³-hybridized carbons (Fsp3) is 0.412. The molecule has 4 nitrogen and oxygen atoms in total. The van der Waals surface area contributed by atoms with E-state index in [1.165, 1.54) is 10.5 Å². The highest BCUT2D eigenvalue weighted by Crippen LogP contribution is 2.33. The van der Waals surface area contributed by atoms with Gasteiger partial charge in [-0.25, -0.2) is 0 Å². The van der Waals surface area contributed by atoms with Gasteiger partial charge in [-0.3, -0.25) is 14.5 Å². The predicted octanol–water partition coefficient (Wildman–Crippen LogP) is 2.11. The van der Waals surface area contributed by atoms with Crippen molar-refractivity contribution in [3.8, 4) is 0 Å². The van der Waals surface area contributed by atoms with Gasteiger partial charge in [0.05, 0.1) is 5.57 Å². The second kappa shape index (κ2) is 5.02. The molecule has 0 atom stereocenters. The second-order valence-corrected chi connectivity index (χ2v) is 5.89. The molecule has 4 heteroatoms. The Kier molecular flexibility index (Phi) is 3.32. The summed E-state index contributed by atoms with van der Waals surface area (Å²) in [6.45, 7) is 5.79. The average Bonchev–Trinajstić information content (AvgIpc) is 3.05. The van der Waals surface area contributed by atoms with Gasteiger partial charge in [-0.2, -0.15) is 0 Å². The van der Waals surface area contributed by atoms with Crippen LogP contribution in [0.1, 0.15) is 29.5 Å². The normalized spacial score (nSPS) is 19.2. The van der Waals surface area contributed by atoms with Gasteiger partial charge in [0, 0.05) is 20.1 Å². The van der Waals surface area contributed by atoms with Crippen LogP contribution in [0, 0.1) is 13.8 Å². The molecule has 21 heavy (non-hydrogen) atoms. The molecule has 2 heterocycles. The molecule has 0 radical (unpaired) electrons. The minimum absolute atomic E-state index is 0.171. The van der Waals surface area contributed by atoms with Gasteiger partial charge in [-0.15, -0.1) is 0 Å². The molecular formula is C17H20N2O2. The van der Waals surface area contributed by atoms with Crippen molar-refractivity contribution in [3.63, 3.8) is 0 Å². The summed E-state index contributed by atoms with van der Waals surface area (Å²) < 4.78 is 0. The highest BCUT2D eigenvalue weighted by Gasteiger charge is 2.40. The van der Waals surface area contributed by atoms with Gasteiger partial charge < -0.3 is 4.90 Å². The highest BCUT2D eigenvalue weighted by atomic mass is 16.2. The third kappa shape index (κ3) is 2.15. The summed E-state index contributed by atoms with van der Waals surface area (Å²) in [5.41, 5.74) is 4.32. The van der Waals surface area contributed by atoms with Crippen molar-refractivity contribution in [1.29, 1.82) is 0 Å². The molecule has 0 saturated carbocycles. The molecule has 1 saturated heterocycles. The SMILES string of the molecule is Cc1ccc(C2=C(N3CCCC3)C(=O)N(C)C2=O)cc1C. The van der Waals surface area contributed by atoms with E-state index >= 15 is 0 Å². The maximum atomic E-state index is 12.5. The Bertz CT molecular complexity index is 655. The number of carbonyl (C=O) groups excluding carboxylic acids is 2. The maximum Gasteiger partial charge on any atom is 0.277 e. The lowest BCUT2D eigenvalue weighted by molar-refractivity contribution is -0.135. The van der Waals surface area contributed by atoms with Gasteiger partial charge in [-0.1, -0.05) is 18.2 Å². The zero-order valence-corrected chi connectivity index (χ0v) is 12.8. The zero-order chi connectivity index (χ0) is 15.1. The quantitative estimate of drug-likeness (QED) is 0.781. The minimum atomic E-state index is -0.190. The first-order valence-electron chi connectivity index (χ1n) is 7.40. The number of rotatable bonds is 2. The van der Waals surface area contributed by atoms with Crippen LogP contribution in [0.3, 0.4) is 0 Å². The Morgan fingerprint density at radius 1 is 0.952 bits per heavy atom. The number of nitrogens with zero attached hydrogens (tertiary/aromatic N) is 2. The van der Waals surface area contributed by atoms with Crippen molar-refractivity contribution in [3.05, 3.63) is 40.6 Å². The van der Waals surface area contributed by atoms with Crippen molar-refractivity contribution in [2.75, 3.05) is 20.1 Å². The number of carbonyl (C=O) groups is 2. The summed E-state index contributed by atoms with van der Waals surface area (Å²) in [5.74, 6) is -0.361. The Balaban J connectivity index is 2.15. The van der Waals surface area contributed by atoms with E-state index in [0.29, 0.717) is 11.3 Å². The molecule has 110 valence electrons. The zero-order valence-electron chi connectivity index (χ0n) is 12.8. The molecular weight excluding hydrogens is 264 g/mol. The van der Waals surface area contributed by atoms with Crippen LogP contribution in [0.25, 0.3) is 5.57 Å². The van der Waals surface area contributed by atoms with Gasteiger partial charge >= 0.3 is 0 Å². The molecule has 0 spiro atoms. The van der Waals surface area contributed by atoms with Crippen molar-refractivity contribution >= 4 is 17.4 Å². The first kappa shape index (κ1) is 13.9.